The molecule has 1 aliphatic heterocycles. The van der Waals surface area contributed by atoms with Gasteiger partial charge in [-0.05, 0) is 80.3 Å². The Morgan fingerprint density at radius 2 is 1.16 bits per heavy atom. The summed E-state index contributed by atoms with van der Waals surface area (Å²) in [7, 11) is 2.11. The summed E-state index contributed by atoms with van der Waals surface area (Å²) in [4.78, 5) is 13.0. The molecule has 1 unspecified atom stereocenters. The van der Waals surface area contributed by atoms with Crippen molar-refractivity contribution in [2.24, 2.45) is 9.98 Å². The molecule has 0 bridgehead atoms. The van der Waals surface area contributed by atoms with Gasteiger partial charge in [0.2, 0.25) is 0 Å². The van der Waals surface area contributed by atoms with Gasteiger partial charge in [-0.2, -0.15) is 0 Å². The fraction of sp³-hybridized carbons (Fsp3) is 0.0385. The highest BCUT2D eigenvalue weighted by Crippen LogP contribution is 2.43. The van der Waals surface area contributed by atoms with Gasteiger partial charge < -0.3 is 9.47 Å². The minimum absolute atomic E-state index is 0.250. The molecule has 0 saturated heterocycles. The first-order valence-electron chi connectivity index (χ1n) is 19.4. The summed E-state index contributed by atoms with van der Waals surface area (Å²) < 4.78 is 4.94. The summed E-state index contributed by atoms with van der Waals surface area (Å²) in [5, 5.41) is 12.4. The van der Waals surface area contributed by atoms with Crippen LogP contribution in [0.3, 0.4) is 0 Å². The number of rotatable bonds is 4. The number of nitrogens with zero attached hydrogens (tertiary/aromatic N) is 4. The number of benzene rings is 9. The predicted molar refractivity (Wildman–Crippen MR) is 243 cm³/mol. The van der Waals surface area contributed by atoms with E-state index in [1.54, 1.807) is 0 Å². The number of hydrogen-bond donors (Lipinski definition) is 0. The van der Waals surface area contributed by atoms with E-state index in [0.29, 0.717) is 0 Å². The summed E-state index contributed by atoms with van der Waals surface area (Å²) in [6.45, 7) is 0. The van der Waals surface area contributed by atoms with E-state index in [-0.39, 0.29) is 6.17 Å². The zero-order valence-corrected chi connectivity index (χ0v) is 31.9. The molecule has 0 amide bonds. The molecule has 1 atom stereocenters. The summed E-state index contributed by atoms with van der Waals surface area (Å²) in [6.07, 6.45) is -0.250. The Morgan fingerprint density at radius 1 is 0.474 bits per heavy atom. The number of hydrogen-bond acceptors (Lipinski definition) is 4. The molecule has 12 rings (SSSR count). The number of amidine groups is 2. The van der Waals surface area contributed by atoms with Gasteiger partial charge in [0.05, 0.1) is 16.7 Å². The summed E-state index contributed by atoms with van der Waals surface area (Å²) in [5.74, 6) is 1.64. The first kappa shape index (κ1) is 32.2. The second-order valence-electron chi connectivity index (χ2n) is 15.0. The lowest BCUT2D eigenvalue weighted by Gasteiger charge is -2.32. The maximum atomic E-state index is 5.42. The molecule has 5 heteroatoms. The van der Waals surface area contributed by atoms with E-state index in [1.165, 1.54) is 80.0 Å². The monoisotopic (exact) mass is 746 g/mol. The topological polar surface area (TPSA) is 32.9 Å². The van der Waals surface area contributed by atoms with Crippen LogP contribution in [0.1, 0.15) is 22.9 Å². The Hall–Kier alpha value is -7.08. The van der Waals surface area contributed by atoms with Crippen molar-refractivity contribution in [1.82, 2.24) is 9.47 Å². The van der Waals surface area contributed by atoms with Gasteiger partial charge >= 0.3 is 0 Å². The molecule has 3 heterocycles. The molecule has 2 aromatic heterocycles. The Kier molecular flexibility index (Phi) is 7.04. The van der Waals surface area contributed by atoms with Crippen molar-refractivity contribution in [3.8, 4) is 5.69 Å². The first-order chi connectivity index (χ1) is 28.2. The molecule has 0 radical (unpaired) electrons. The van der Waals surface area contributed by atoms with Gasteiger partial charge in [0.25, 0.3) is 0 Å². The molecule has 1 aliphatic rings. The molecule has 11 aromatic rings. The number of aliphatic imine (C=N–C) groups is 2. The second-order valence-corrected chi connectivity index (χ2v) is 16.1. The van der Waals surface area contributed by atoms with Crippen molar-refractivity contribution >= 4 is 97.3 Å². The summed E-state index contributed by atoms with van der Waals surface area (Å²) in [5.41, 5.74) is 6.83. The van der Waals surface area contributed by atoms with Crippen molar-refractivity contribution < 1.29 is 0 Å². The highest BCUT2D eigenvalue weighted by molar-refractivity contribution is 7.26. The van der Waals surface area contributed by atoms with E-state index in [2.05, 4.69) is 199 Å². The molecular weight excluding hydrogens is 713 g/mol. The van der Waals surface area contributed by atoms with Crippen molar-refractivity contribution in [1.29, 1.82) is 0 Å². The molecule has 0 aliphatic carbocycles. The third-order valence-electron chi connectivity index (χ3n) is 11.8. The fourth-order valence-electron chi connectivity index (χ4n) is 9.06. The number of thiophene rings is 1. The van der Waals surface area contributed by atoms with E-state index in [9.17, 15) is 0 Å². The van der Waals surface area contributed by atoms with Crippen LogP contribution in [-0.2, 0) is 0 Å². The number of aromatic nitrogens is 1. The van der Waals surface area contributed by atoms with Crippen LogP contribution in [0.4, 0.5) is 0 Å². The van der Waals surface area contributed by atoms with Crippen molar-refractivity contribution in [2.75, 3.05) is 7.05 Å². The highest BCUT2D eigenvalue weighted by Gasteiger charge is 2.28. The van der Waals surface area contributed by atoms with Gasteiger partial charge in [-0.1, -0.05) is 140 Å². The first-order valence-corrected chi connectivity index (χ1v) is 20.2. The van der Waals surface area contributed by atoms with Crippen LogP contribution in [0, 0.1) is 0 Å². The second kappa shape index (κ2) is 12.5. The van der Waals surface area contributed by atoms with E-state index in [0.717, 1.165) is 28.4 Å². The lowest BCUT2D eigenvalue weighted by atomic mass is 10.0. The SMILES string of the molecule is CN1C(c2ccc3ccccc3c2)=NC(c2ccc3c(c2)sc2cccc(-n4c5ccccc5c5c6ccccc6ccc54)c23)=NC1c1ccc2ccccc2c1. The van der Waals surface area contributed by atoms with Gasteiger partial charge in [0.1, 0.15) is 5.84 Å². The lowest BCUT2D eigenvalue weighted by Crippen LogP contribution is -2.35. The van der Waals surface area contributed by atoms with E-state index in [4.69, 9.17) is 9.98 Å². The molecule has 9 aromatic carbocycles. The minimum Gasteiger partial charge on any atom is -0.333 e. The third kappa shape index (κ3) is 4.99. The van der Waals surface area contributed by atoms with Crippen molar-refractivity contribution in [2.45, 2.75) is 6.17 Å². The number of para-hydroxylation sites is 1. The van der Waals surface area contributed by atoms with Gasteiger partial charge in [-0.3, -0.25) is 0 Å². The fourth-order valence-corrected chi connectivity index (χ4v) is 10.2. The average molecular weight is 747 g/mol. The molecule has 0 saturated carbocycles. The molecule has 0 spiro atoms. The summed E-state index contributed by atoms with van der Waals surface area (Å²) in [6, 6.07) is 66.0. The summed E-state index contributed by atoms with van der Waals surface area (Å²) >= 11 is 1.84. The van der Waals surface area contributed by atoms with Crippen LogP contribution in [0.15, 0.2) is 192 Å². The normalized spacial score (nSPS) is 14.8. The van der Waals surface area contributed by atoms with E-state index < -0.39 is 0 Å². The van der Waals surface area contributed by atoms with Gasteiger partial charge in [0, 0.05) is 49.1 Å². The Morgan fingerprint density at radius 3 is 2.00 bits per heavy atom. The van der Waals surface area contributed by atoms with Gasteiger partial charge in [-0.25, -0.2) is 9.98 Å². The highest BCUT2D eigenvalue weighted by atomic mass is 32.1. The van der Waals surface area contributed by atoms with Crippen molar-refractivity contribution in [3.63, 3.8) is 0 Å². The van der Waals surface area contributed by atoms with Crippen LogP contribution < -0.4 is 0 Å². The van der Waals surface area contributed by atoms with E-state index >= 15 is 0 Å². The molecule has 0 fully saturated rings. The quantitative estimate of drug-likeness (QED) is 0.176. The standard InChI is InChI=1S/C52H34N4S/c1-55-51(38-23-21-32-11-2-4-14-35(32)29-38)53-50(54-52(55)39-24-22-33-12-3-5-15-36(33)30-39)37-25-27-42-47(31-37)57-46-20-10-19-44(49(42)46)56-43-18-9-8-17-41(43)48-40-16-7-6-13-34(40)26-28-45(48)56/h2-31,51H,1H3. The third-order valence-corrected chi connectivity index (χ3v) is 12.9. The maximum absolute atomic E-state index is 5.42. The Bertz CT molecular complexity index is 3510. The van der Waals surface area contributed by atoms with Crippen LogP contribution >= 0.6 is 11.3 Å². The van der Waals surface area contributed by atoms with Crippen LogP contribution in [0.25, 0.3) is 80.0 Å². The Balaban J connectivity index is 1.04. The zero-order valence-electron chi connectivity index (χ0n) is 31.1. The molecular formula is C52H34N4S. The van der Waals surface area contributed by atoms with E-state index in [1.807, 2.05) is 11.3 Å². The van der Waals surface area contributed by atoms with Gasteiger partial charge in [0.15, 0.2) is 12.0 Å². The predicted octanol–water partition coefficient (Wildman–Crippen LogP) is 13.4. The van der Waals surface area contributed by atoms with Gasteiger partial charge in [-0.15, -0.1) is 11.3 Å². The Labute approximate surface area is 332 Å². The van der Waals surface area contributed by atoms with Crippen LogP contribution in [-0.4, -0.2) is 28.2 Å². The van der Waals surface area contributed by atoms with Crippen LogP contribution in [0.2, 0.25) is 0 Å². The van der Waals surface area contributed by atoms with Crippen molar-refractivity contribution in [3.05, 3.63) is 199 Å². The molecule has 268 valence electrons. The average Bonchev–Trinajstić information content (AvgIpc) is 3.82. The zero-order chi connectivity index (χ0) is 37.6. The lowest BCUT2D eigenvalue weighted by molar-refractivity contribution is 0.383. The van der Waals surface area contributed by atoms with Crippen LogP contribution in [0.5, 0.6) is 0 Å². The molecule has 4 nitrogen and oxygen atoms in total. The molecule has 0 N–H and O–H groups in total. The maximum Gasteiger partial charge on any atom is 0.159 e. The number of fused-ring (bicyclic) bond motifs is 10. The molecule has 57 heavy (non-hydrogen) atoms. The minimum atomic E-state index is -0.250. The largest absolute Gasteiger partial charge is 0.333 e. The smallest absolute Gasteiger partial charge is 0.159 e.